The summed E-state index contributed by atoms with van der Waals surface area (Å²) in [4.78, 5) is 0. The number of halogens is 1. The van der Waals surface area contributed by atoms with Crippen LogP contribution in [0.4, 0.5) is 0 Å². The maximum Gasteiger partial charge on any atom is 0.0297 e. The molecule has 0 heterocycles. The molecule has 0 saturated carbocycles. The van der Waals surface area contributed by atoms with Gasteiger partial charge in [-0.05, 0) is 31.7 Å². The van der Waals surface area contributed by atoms with Crippen molar-refractivity contribution in [3.63, 3.8) is 0 Å². The van der Waals surface area contributed by atoms with Crippen molar-refractivity contribution < 1.29 is 0 Å². The van der Waals surface area contributed by atoms with Crippen LogP contribution in [-0.2, 0) is 0 Å². The van der Waals surface area contributed by atoms with Gasteiger partial charge in [-0.2, -0.15) is 0 Å². The van der Waals surface area contributed by atoms with Crippen molar-refractivity contribution in [3.8, 4) is 0 Å². The zero-order valence-corrected chi connectivity index (χ0v) is 10.9. The first-order valence-electron chi connectivity index (χ1n) is 5.33. The van der Waals surface area contributed by atoms with E-state index in [9.17, 15) is 0 Å². The van der Waals surface area contributed by atoms with Gasteiger partial charge in [-0.1, -0.05) is 43.2 Å². The summed E-state index contributed by atoms with van der Waals surface area (Å²) in [6.45, 7) is 8.67. The smallest absolute Gasteiger partial charge is 0.0297 e. The topological polar surface area (TPSA) is 26.0 Å². The summed E-state index contributed by atoms with van der Waals surface area (Å²) in [6, 6.07) is 6.76. The molecule has 2 heteroatoms. The molecule has 1 nitrogen and oxygen atoms in total. The Balaban J connectivity index is 0.00000196. The first kappa shape index (κ1) is 14.5. The predicted octanol–water partition coefficient (Wildman–Crippen LogP) is 3.77. The summed E-state index contributed by atoms with van der Waals surface area (Å²) >= 11 is 0. The van der Waals surface area contributed by atoms with Gasteiger partial charge in [0.1, 0.15) is 0 Å². The molecule has 0 bridgehead atoms. The minimum absolute atomic E-state index is 0. The van der Waals surface area contributed by atoms with Crippen LogP contribution in [0.3, 0.4) is 0 Å². The van der Waals surface area contributed by atoms with Crippen molar-refractivity contribution in [3.05, 3.63) is 34.9 Å². The van der Waals surface area contributed by atoms with Gasteiger partial charge >= 0.3 is 0 Å². The highest BCUT2D eigenvalue weighted by atomic mass is 35.5. The lowest BCUT2D eigenvalue weighted by atomic mass is 9.95. The molecule has 0 aliphatic carbocycles. The number of hydrogen-bond acceptors (Lipinski definition) is 1. The molecule has 1 rings (SSSR count). The van der Waals surface area contributed by atoms with E-state index in [1.165, 1.54) is 16.7 Å². The summed E-state index contributed by atoms with van der Waals surface area (Å²) in [5.74, 6) is 0.658. The van der Waals surface area contributed by atoms with Crippen molar-refractivity contribution in [1.82, 2.24) is 0 Å². The highest BCUT2D eigenvalue weighted by Crippen LogP contribution is 2.20. The third kappa shape index (κ3) is 4.67. The van der Waals surface area contributed by atoms with Crippen LogP contribution in [-0.4, -0.2) is 0 Å². The Morgan fingerprint density at radius 2 is 1.53 bits per heavy atom. The summed E-state index contributed by atoms with van der Waals surface area (Å²) < 4.78 is 0. The Bertz CT molecular complexity index is 287. The number of benzene rings is 1. The van der Waals surface area contributed by atoms with Crippen LogP contribution < -0.4 is 5.73 Å². The van der Waals surface area contributed by atoms with Crippen molar-refractivity contribution in [2.24, 2.45) is 11.7 Å². The molecule has 0 aliphatic heterocycles. The molecular weight excluding hydrogens is 206 g/mol. The van der Waals surface area contributed by atoms with E-state index < -0.39 is 0 Å². The van der Waals surface area contributed by atoms with Crippen molar-refractivity contribution >= 4 is 12.4 Å². The molecule has 0 saturated heterocycles. The quantitative estimate of drug-likeness (QED) is 0.836. The lowest BCUT2D eigenvalue weighted by Crippen LogP contribution is -2.13. The van der Waals surface area contributed by atoms with Crippen molar-refractivity contribution in [2.45, 2.75) is 40.2 Å². The van der Waals surface area contributed by atoms with Gasteiger partial charge in [0.15, 0.2) is 0 Å². The maximum absolute atomic E-state index is 6.13. The molecule has 2 N–H and O–H groups in total. The largest absolute Gasteiger partial charge is 0.324 e. The molecule has 0 aliphatic rings. The van der Waals surface area contributed by atoms with Gasteiger partial charge in [0.05, 0.1) is 0 Å². The summed E-state index contributed by atoms with van der Waals surface area (Å²) in [7, 11) is 0. The Labute approximate surface area is 99.5 Å². The van der Waals surface area contributed by atoms with Crippen LogP contribution in [0, 0.1) is 19.8 Å². The zero-order valence-electron chi connectivity index (χ0n) is 10.1. The maximum atomic E-state index is 6.13. The molecule has 0 spiro atoms. The minimum Gasteiger partial charge on any atom is -0.324 e. The number of hydrogen-bond donors (Lipinski definition) is 1. The van der Waals surface area contributed by atoms with Crippen LogP contribution in [0.5, 0.6) is 0 Å². The van der Waals surface area contributed by atoms with Gasteiger partial charge in [-0.25, -0.2) is 0 Å². The highest BCUT2D eigenvalue weighted by Gasteiger charge is 2.08. The van der Waals surface area contributed by atoms with E-state index in [0.29, 0.717) is 5.92 Å². The average molecular weight is 228 g/mol. The van der Waals surface area contributed by atoms with Gasteiger partial charge in [-0.3, -0.25) is 0 Å². The van der Waals surface area contributed by atoms with Crippen LogP contribution in [0.1, 0.15) is 43.0 Å². The standard InChI is InChI=1S/C13H21N.ClH/c1-9(2)5-13(14)12-7-10(3)6-11(4)8-12;/h6-9,13H,5,14H2,1-4H3;1H. The summed E-state index contributed by atoms with van der Waals surface area (Å²) in [6.07, 6.45) is 1.06. The Hall–Kier alpha value is -0.530. The van der Waals surface area contributed by atoms with Gasteiger partial charge in [-0.15, -0.1) is 12.4 Å². The molecule has 86 valence electrons. The van der Waals surface area contributed by atoms with Crippen LogP contribution >= 0.6 is 12.4 Å². The average Bonchev–Trinajstić information content (AvgIpc) is 2.00. The third-order valence-electron chi connectivity index (χ3n) is 2.40. The van der Waals surface area contributed by atoms with Gasteiger partial charge in [0, 0.05) is 6.04 Å². The number of rotatable bonds is 3. The van der Waals surface area contributed by atoms with E-state index >= 15 is 0 Å². The Kier molecular flexibility index (Phi) is 5.92. The monoisotopic (exact) mass is 227 g/mol. The number of aryl methyl sites for hydroxylation is 2. The van der Waals surface area contributed by atoms with Crippen LogP contribution in [0.15, 0.2) is 18.2 Å². The molecule has 1 atom stereocenters. The Morgan fingerprint density at radius 3 is 1.93 bits per heavy atom. The van der Waals surface area contributed by atoms with E-state index in [-0.39, 0.29) is 18.4 Å². The van der Waals surface area contributed by atoms with Gasteiger partial charge in [0.25, 0.3) is 0 Å². The lowest BCUT2D eigenvalue weighted by Gasteiger charge is -2.15. The lowest BCUT2D eigenvalue weighted by molar-refractivity contribution is 0.509. The zero-order chi connectivity index (χ0) is 10.7. The van der Waals surface area contributed by atoms with E-state index in [1.807, 2.05) is 0 Å². The highest BCUT2D eigenvalue weighted by molar-refractivity contribution is 5.85. The molecule has 1 unspecified atom stereocenters. The minimum atomic E-state index is 0. The fraction of sp³-hybridized carbons (Fsp3) is 0.538. The molecule has 0 radical (unpaired) electrons. The van der Waals surface area contributed by atoms with Crippen molar-refractivity contribution in [1.29, 1.82) is 0 Å². The van der Waals surface area contributed by atoms with E-state index in [2.05, 4.69) is 45.9 Å². The fourth-order valence-corrected chi connectivity index (χ4v) is 1.87. The Morgan fingerprint density at radius 1 is 1.07 bits per heavy atom. The predicted molar refractivity (Wildman–Crippen MR) is 69.5 cm³/mol. The van der Waals surface area contributed by atoms with Gasteiger partial charge in [0.2, 0.25) is 0 Å². The SMILES string of the molecule is Cc1cc(C)cc(C(N)CC(C)C)c1.Cl. The fourth-order valence-electron chi connectivity index (χ4n) is 1.87. The molecule has 0 amide bonds. The summed E-state index contributed by atoms with van der Waals surface area (Å²) in [5, 5.41) is 0. The number of nitrogens with two attached hydrogens (primary N) is 1. The molecular formula is C13H22ClN. The second kappa shape index (κ2) is 6.14. The van der Waals surface area contributed by atoms with Crippen LogP contribution in [0.2, 0.25) is 0 Å². The third-order valence-corrected chi connectivity index (χ3v) is 2.40. The molecule has 0 fully saturated rings. The van der Waals surface area contributed by atoms with Crippen molar-refractivity contribution in [2.75, 3.05) is 0 Å². The molecule has 0 aromatic heterocycles. The van der Waals surface area contributed by atoms with Crippen LogP contribution in [0.25, 0.3) is 0 Å². The molecule has 15 heavy (non-hydrogen) atoms. The first-order valence-corrected chi connectivity index (χ1v) is 5.33. The molecule has 1 aromatic carbocycles. The normalized spacial score (nSPS) is 12.4. The molecule has 1 aromatic rings. The van der Waals surface area contributed by atoms with E-state index in [1.54, 1.807) is 0 Å². The van der Waals surface area contributed by atoms with E-state index in [0.717, 1.165) is 6.42 Å². The first-order chi connectivity index (χ1) is 6.49. The second-order valence-electron chi connectivity index (χ2n) is 4.66. The summed E-state index contributed by atoms with van der Waals surface area (Å²) in [5.41, 5.74) is 10.0. The second-order valence-corrected chi connectivity index (χ2v) is 4.66. The van der Waals surface area contributed by atoms with E-state index in [4.69, 9.17) is 5.73 Å². The van der Waals surface area contributed by atoms with Gasteiger partial charge < -0.3 is 5.73 Å².